The van der Waals surface area contributed by atoms with Crippen LogP contribution < -0.4 is 0 Å². The average molecular weight is 321 g/mol. The molecule has 0 amide bonds. The second-order valence-electron chi connectivity index (χ2n) is 4.44. The van der Waals surface area contributed by atoms with Gasteiger partial charge in [-0.25, -0.2) is 9.78 Å². The van der Waals surface area contributed by atoms with Crippen molar-refractivity contribution in [2.24, 2.45) is 0 Å². The van der Waals surface area contributed by atoms with Gasteiger partial charge >= 0.3 is 5.97 Å². The van der Waals surface area contributed by atoms with Gasteiger partial charge in [0.1, 0.15) is 11.3 Å². The number of carbonyl (C=O) groups is 1. The summed E-state index contributed by atoms with van der Waals surface area (Å²) in [6.07, 6.45) is 0. The lowest BCUT2D eigenvalue weighted by Gasteiger charge is -1.99. The highest BCUT2D eigenvalue weighted by molar-refractivity contribution is 6.35. The van der Waals surface area contributed by atoms with Crippen molar-refractivity contribution in [3.8, 4) is 11.4 Å². The molecule has 3 aromatic rings. The number of aromatic amines is 1. The van der Waals surface area contributed by atoms with E-state index in [-0.39, 0.29) is 0 Å². The quantitative estimate of drug-likeness (QED) is 0.715. The standard InChI is InChI=1S/C15H10Cl2N2O2/c1-21-15(20)9-6-11(17)13-12(7-9)18-14(19-13)8-3-2-4-10(16)5-8/h2-7H,1H3,(H,18,19). The number of rotatable bonds is 2. The van der Waals surface area contributed by atoms with Crippen LogP contribution in [0.15, 0.2) is 36.4 Å². The number of nitrogens with zero attached hydrogens (tertiary/aromatic N) is 1. The number of esters is 1. The lowest BCUT2D eigenvalue weighted by atomic mass is 10.2. The smallest absolute Gasteiger partial charge is 0.337 e. The Morgan fingerprint density at radius 2 is 2.05 bits per heavy atom. The fourth-order valence-corrected chi connectivity index (χ4v) is 2.54. The highest BCUT2D eigenvalue weighted by Gasteiger charge is 2.13. The lowest BCUT2D eigenvalue weighted by molar-refractivity contribution is 0.0601. The Hall–Kier alpha value is -2.04. The predicted octanol–water partition coefficient (Wildman–Crippen LogP) is 4.32. The van der Waals surface area contributed by atoms with Crippen molar-refractivity contribution in [3.63, 3.8) is 0 Å². The summed E-state index contributed by atoms with van der Waals surface area (Å²) < 4.78 is 4.70. The van der Waals surface area contributed by atoms with Crippen LogP contribution in [0, 0.1) is 0 Å². The number of hydrogen-bond donors (Lipinski definition) is 1. The van der Waals surface area contributed by atoms with Crippen molar-refractivity contribution in [2.75, 3.05) is 7.11 Å². The molecule has 1 N–H and O–H groups in total. The van der Waals surface area contributed by atoms with E-state index < -0.39 is 5.97 Å². The van der Waals surface area contributed by atoms with E-state index in [0.29, 0.717) is 32.5 Å². The van der Waals surface area contributed by atoms with Crippen molar-refractivity contribution in [3.05, 3.63) is 52.0 Å². The molecule has 0 aliphatic rings. The Morgan fingerprint density at radius 3 is 2.76 bits per heavy atom. The molecule has 6 heteroatoms. The molecule has 0 aliphatic heterocycles. The number of fused-ring (bicyclic) bond motifs is 1. The maximum absolute atomic E-state index is 11.6. The molecule has 0 spiro atoms. The molecular weight excluding hydrogens is 311 g/mol. The predicted molar refractivity (Wildman–Crippen MR) is 82.9 cm³/mol. The first kappa shape index (κ1) is 13.9. The van der Waals surface area contributed by atoms with E-state index >= 15 is 0 Å². The Bertz CT molecular complexity index is 843. The number of methoxy groups -OCH3 is 1. The Labute approximate surface area is 130 Å². The van der Waals surface area contributed by atoms with Gasteiger partial charge in [-0.3, -0.25) is 0 Å². The molecule has 0 saturated carbocycles. The van der Waals surface area contributed by atoms with Gasteiger partial charge in [0.25, 0.3) is 0 Å². The van der Waals surface area contributed by atoms with Crippen molar-refractivity contribution in [1.29, 1.82) is 0 Å². The number of hydrogen-bond acceptors (Lipinski definition) is 3. The van der Waals surface area contributed by atoms with Crippen LogP contribution in [0.1, 0.15) is 10.4 Å². The number of halogens is 2. The SMILES string of the molecule is COC(=O)c1cc(Cl)c2nc(-c3cccc(Cl)c3)[nH]c2c1. The van der Waals surface area contributed by atoms with Gasteiger partial charge in [0.15, 0.2) is 0 Å². The van der Waals surface area contributed by atoms with Gasteiger partial charge < -0.3 is 9.72 Å². The second-order valence-corrected chi connectivity index (χ2v) is 5.29. The third-order valence-electron chi connectivity index (χ3n) is 3.06. The topological polar surface area (TPSA) is 55.0 Å². The van der Waals surface area contributed by atoms with E-state index in [1.165, 1.54) is 13.2 Å². The van der Waals surface area contributed by atoms with Crippen LogP contribution in [-0.4, -0.2) is 23.0 Å². The highest BCUT2D eigenvalue weighted by Crippen LogP contribution is 2.28. The minimum absolute atomic E-state index is 0.372. The van der Waals surface area contributed by atoms with Gasteiger partial charge in [-0.1, -0.05) is 35.3 Å². The third-order valence-corrected chi connectivity index (χ3v) is 3.58. The summed E-state index contributed by atoms with van der Waals surface area (Å²) in [5.41, 5.74) is 2.47. The fourth-order valence-electron chi connectivity index (χ4n) is 2.08. The van der Waals surface area contributed by atoms with E-state index in [4.69, 9.17) is 27.9 Å². The largest absolute Gasteiger partial charge is 0.465 e. The van der Waals surface area contributed by atoms with Crippen molar-refractivity contribution in [1.82, 2.24) is 9.97 Å². The van der Waals surface area contributed by atoms with Crippen molar-refractivity contribution in [2.45, 2.75) is 0 Å². The molecule has 0 bridgehead atoms. The molecule has 1 aromatic heterocycles. The zero-order valence-electron chi connectivity index (χ0n) is 11.0. The van der Waals surface area contributed by atoms with Gasteiger partial charge in [0, 0.05) is 10.6 Å². The molecule has 3 rings (SSSR count). The first-order valence-electron chi connectivity index (χ1n) is 6.12. The summed E-state index contributed by atoms with van der Waals surface area (Å²) in [6, 6.07) is 10.5. The van der Waals surface area contributed by atoms with Crippen LogP contribution in [0.5, 0.6) is 0 Å². The van der Waals surface area contributed by atoms with Crippen molar-refractivity contribution < 1.29 is 9.53 Å². The fraction of sp³-hybridized carbons (Fsp3) is 0.0667. The summed E-state index contributed by atoms with van der Waals surface area (Å²) in [5.74, 6) is 0.189. The van der Waals surface area contributed by atoms with Gasteiger partial charge in [-0.15, -0.1) is 0 Å². The highest BCUT2D eigenvalue weighted by atomic mass is 35.5. The van der Waals surface area contributed by atoms with Gasteiger partial charge in [-0.05, 0) is 24.3 Å². The summed E-state index contributed by atoms with van der Waals surface area (Å²) in [4.78, 5) is 19.2. The van der Waals surface area contributed by atoms with E-state index in [1.54, 1.807) is 18.2 Å². The van der Waals surface area contributed by atoms with E-state index in [1.807, 2.05) is 12.1 Å². The number of aromatic nitrogens is 2. The monoisotopic (exact) mass is 320 g/mol. The van der Waals surface area contributed by atoms with E-state index in [2.05, 4.69) is 9.97 Å². The number of benzene rings is 2. The Kier molecular flexibility index (Phi) is 3.57. The maximum atomic E-state index is 11.6. The molecule has 4 nitrogen and oxygen atoms in total. The summed E-state index contributed by atoms with van der Waals surface area (Å²) in [6.45, 7) is 0. The Balaban J connectivity index is 2.16. The summed E-state index contributed by atoms with van der Waals surface area (Å²) in [7, 11) is 1.32. The second kappa shape index (κ2) is 5.39. The van der Waals surface area contributed by atoms with E-state index in [9.17, 15) is 4.79 Å². The summed E-state index contributed by atoms with van der Waals surface area (Å²) in [5, 5.41) is 1.01. The third kappa shape index (κ3) is 2.60. The maximum Gasteiger partial charge on any atom is 0.337 e. The number of nitrogens with one attached hydrogen (secondary N) is 1. The molecule has 0 fully saturated rings. The van der Waals surface area contributed by atoms with Crippen LogP contribution in [0.2, 0.25) is 10.0 Å². The van der Waals surface area contributed by atoms with Crippen LogP contribution in [0.3, 0.4) is 0 Å². The average Bonchev–Trinajstić information content (AvgIpc) is 2.91. The Morgan fingerprint density at radius 1 is 1.24 bits per heavy atom. The molecule has 0 unspecified atom stereocenters. The molecule has 0 saturated heterocycles. The van der Waals surface area contributed by atoms with Crippen molar-refractivity contribution >= 4 is 40.2 Å². The summed E-state index contributed by atoms with van der Waals surface area (Å²) >= 11 is 12.2. The number of H-pyrrole nitrogens is 1. The van der Waals surface area contributed by atoms with Crippen LogP contribution >= 0.6 is 23.2 Å². The number of ether oxygens (including phenoxy) is 1. The van der Waals surface area contributed by atoms with Gasteiger partial charge in [0.2, 0.25) is 0 Å². The lowest BCUT2D eigenvalue weighted by Crippen LogP contribution is -2.00. The normalized spacial score (nSPS) is 10.8. The minimum Gasteiger partial charge on any atom is -0.465 e. The molecule has 0 atom stereocenters. The first-order valence-corrected chi connectivity index (χ1v) is 6.87. The molecule has 1 heterocycles. The van der Waals surface area contributed by atoms with Gasteiger partial charge in [-0.2, -0.15) is 0 Å². The van der Waals surface area contributed by atoms with Crippen LogP contribution in [0.25, 0.3) is 22.4 Å². The number of carbonyl (C=O) groups excluding carboxylic acids is 1. The van der Waals surface area contributed by atoms with Crippen LogP contribution in [-0.2, 0) is 4.74 Å². The number of imidazole rings is 1. The molecule has 0 radical (unpaired) electrons. The molecule has 0 aliphatic carbocycles. The molecule has 106 valence electrons. The zero-order valence-corrected chi connectivity index (χ0v) is 12.5. The zero-order chi connectivity index (χ0) is 15.0. The van der Waals surface area contributed by atoms with Gasteiger partial charge in [0.05, 0.1) is 23.2 Å². The van der Waals surface area contributed by atoms with E-state index in [0.717, 1.165) is 5.56 Å². The molecule has 21 heavy (non-hydrogen) atoms. The molecule has 2 aromatic carbocycles. The van der Waals surface area contributed by atoms with Crippen LogP contribution in [0.4, 0.5) is 0 Å². The first-order chi connectivity index (χ1) is 10.1. The minimum atomic E-state index is -0.447. The molecular formula is C15H10Cl2N2O2.